The fourth-order valence-electron chi connectivity index (χ4n) is 3.10. The van der Waals surface area contributed by atoms with E-state index in [-0.39, 0.29) is 22.8 Å². The van der Waals surface area contributed by atoms with Crippen molar-refractivity contribution in [3.05, 3.63) is 29.8 Å². The van der Waals surface area contributed by atoms with Gasteiger partial charge in [-0.2, -0.15) is 0 Å². The van der Waals surface area contributed by atoms with Gasteiger partial charge >= 0.3 is 0 Å². The maximum Gasteiger partial charge on any atom is 0.261 e. The molecule has 1 aromatic rings. The van der Waals surface area contributed by atoms with Crippen molar-refractivity contribution in [1.29, 1.82) is 0 Å². The van der Waals surface area contributed by atoms with E-state index in [1.54, 1.807) is 18.2 Å². The number of hydrogen-bond donors (Lipinski definition) is 3. The van der Waals surface area contributed by atoms with Crippen LogP contribution in [-0.2, 0) is 4.79 Å². The van der Waals surface area contributed by atoms with E-state index >= 15 is 0 Å². The second-order valence-electron chi connectivity index (χ2n) is 6.78. The van der Waals surface area contributed by atoms with Crippen molar-refractivity contribution < 1.29 is 14.3 Å². The smallest absolute Gasteiger partial charge is 0.261 e. The maximum absolute atomic E-state index is 12.5. The molecule has 2 amide bonds. The van der Waals surface area contributed by atoms with E-state index in [1.165, 1.54) is 6.42 Å². The Hall–Kier alpha value is -2.15. The lowest BCUT2D eigenvalue weighted by Gasteiger charge is -2.21. The number of amides is 2. The lowest BCUT2D eigenvalue weighted by atomic mass is 9.89. The predicted octanol–water partition coefficient (Wildman–Crippen LogP) is 3.47. The first kappa shape index (κ1) is 21.2. The van der Waals surface area contributed by atoms with Crippen LogP contribution < -0.4 is 20.9 Å². The van der Waals surface area contributed by atoms with Gasteiger partial charge in [0.1, 0.15) is 5.75 Å². The molecule has 27 heavy (non-hydrogen) atoms. The van der Waals surface area contributed by atoms with Crippen molar-refractivity contribution in [3.63, 3.8) is 0 Å². The molecule has 1 fully saturated rings. The summed E-state index contributed by atoms with van der Waals surface area (Å²) in [5.74, 6) is 0.0959. The van der Waals surface area contributed by atoms with Crippen LogP contribution in [0.2, 0.25) is 0 Å². The van der Waals surface area contributed by atoms with Crippen LogP contribution in [0, 0.1) is 5.92 Å². The Balaban J connectivity index is 1.81. The molecule has 0 unspecified atom stereocenters. The van der Waals surface area contributed by atoms with Gasteiger partial charge in [0, 0.05) is 5.92 Å². The van der Waals surface area contributed by atoms with E-state index in [0.717, 1.165) is 44.9 Å². The van der Waals surface area contributed by atoms with E-state index in [1.807, 2.05) is 6.07 Å². The topological polar surface area (TPSA) is 79.5 Å². The van der Waals surface area contributed by atoms with Crippen LogP contribution >= 0.6 is 12.2 Å². The zero-order valence-electron chi connectivity index (χ0n) is 15.9. The first-order valence-corrected chi connectivity index (χ1v) is 10.2. The molecular formula is C20H29N3O3S. The average Bonchev–Trinajstić information content (AvgIpc) is 2.70. The number of hydrazine groups is 1. The average molecular weight is 392 g/mol. The minimum absolute atomic E-state index is 0.0157. The third kappa shape index (κ3) is 7.17. The third-order valence-electron chi connectivity index (χ3n) is 4.64. The molecule has 1 saturated carbocycles. The summed E-state index contributed by atoms with van der Waals surface area (Å²) in [6.07, 6.45) is 8.28. The molecule has 7 heteroatoms. The molecule has 0 radical (unpaired) electrons. The molecule has 0 atom stereocenters. The molecule has 1 aromatic carbocycles. The summed E-state index contributed by atoms with van der Waals surface area (Å²) in [4.78, 5) is 24.6. The Morgan fingerprint density at radius 3 is 2.59 bits per heavy atom. The Bertz CT molecular complexity index is 645. The van der Waals surface area contributed by atoms with Gasteiger partial charge in [-0.25, -0.2) is 0 Å². The molecule has 1 aliphatic carbocycles. The van der Waals surface area contributed by atoms with Crippen molar-refractivity contribution in [2.45, 2.75) is 58.3 Å². The quantitative estimate of drug-likeness (QED) is 0.377. The number of rotatable bonds is 7. The molecule has 2 rings (SSSR count). The normalized spacial score (nSPS) is 14.3. The number of thiocarbonyl (C=S) groups is 1. The number of nitrogens with one attached hydrogen (secondary N) is 3. The Labute approximate surface area is 166 Å². The number of hydrogen-bond acceptors (Lipinski definition) is 4. The maximum atomic E-state index is 12.5. The molecule has 0 saturated heterocycles. The summed E-state index contributed by atoms with van der Waals surface area (Å²) in [6, 6.07) is 7.05. The monoisotopic (exact) mass is 391 g/mol. The number of ether oxygens (including phenoxy) is 1. The summed E-state index contributed by atoms with van der Waals surface area (Å²) < 4.78 is 5.73. The van der Waals surface area contributed by atoms with Crippen LogP contribution in [0.4, 0.5) is 0 Å². The zero-order valence-corrected chi connectivity index (χ0v) is 16.7. The zero-order chi connectivity index (χ0) is 19.5. The second-order valence-corrected chi connectivity index (χ2v) is 7.19. The molecule has 148 valence electrons. The Kier molecular flexibility index (Phi) is 9.04. The molecule has 0 heterocycles. The van der Waals surface area contributed by atoms with Crippen molar-refractivity contribution in [1.82, 2.24) is 16.2 Å². The molecule has 0 aliphatic heterocycles. The highest BCUT2D eigenvalue weighted by Crippen LogP contribution is 2.23. The molecule has 0 aromatic heterocycles. The van der Waals surface area contributed by atoms with Gasteiger partial charge < -0.3 is 4.74 Å². The van der Waals surface area contributed by atoms with Gasteiger partial charge in [0.25, 0.3) is 5.91 Å². The van der Waals surface area contributed by atoms with Gasteiger partial charge in [-0.1, -0.05) is 51.2 Å². The number of carbonyl (C=O) groups is 2. The van der Waals surface area contributed by atoms with E-state index < -0.39 is 0 Å². The molecule has 6 nitrogen and oxygen atoms in total. The molecular weight excluding hydrogens is 362 g/mol. The van der Waals surface area contributed by atoms with E-state index in [9.17, 15) is 9.59 Å². The largest absolute Gasteiger partial charge is 0.493 e. The summed E-state index contributed by atoms with van der Waals surface area (Å²) in [5, 5.41) is 2.64. The summed E-state index contributed by atoms with van der Waals surface area (Å²) in [5.41, 5.74) is 5.63. The first-order chi connectivity index (χ1) is 13.1. The van der Waals surface area contributed by atoms with E-state index in [2.05, 4.69) is 23.1 Å². The van der Waals surface area contributed by atoms with Gasteiger partial charge in [-0.05, 0) is 43.6 Å². The SMILES string of the molecule is CCCCCOc1ccccc1C(=O)NC(=S)NNC(=O)C1CCCCC1. The molecule has 3 N–H and O–H groups in total. The highest BCUT2D eigenvalue weighted by molar-refractivity contribution is 7.80. The van der Waals surface area contributed by atoms with Crippen molar-refractivity contribution in [2.75, 3.05) is 6.61 Å². The van der Waals surface area contributed by atoms with Crippen LogP contribution in [0.15, 0.2) is 24.3 Å². The Morgan fingerprint density at radius 2 is 1.85 bits per heavy atom. The van der Waals surface area contributed by atoms with Crippen molar-refractivity contribution in [3.8, 4) is 5.75 Å². The highest BCUT2D eigenvalue weighted by atomic mass is 32.1. The van der Waals surface area contributed by atoms with Crippen LogP contribution in [0.1, 0.15) is 68.6 Å². The summed E-state index contributed by atoms with van der Waals surface area (Å²) >= 11 is 5.12. The van der Waals surface area contributed by atoms with Crippen molar-refractivity contribution in [2.24, 2.45) is 5.92 Å². The standard InChI is InChI=1S/C20H29N3O3S/c1-2-3-9-14-26-17-13-8-7-12-16(17)19(25)21-20(27)23-22-18(24)15-10-5-4-6-11-15/h7-8,12-13,15H,2-6,9-11,14H2,1H3,(H,22,24)(H2,21,23,25,27). The fraction of sp³-hybridized carbons (Fsp3) is 0.550. The van der Waals surface area contributed by atoms with Crippen LogP contribution in [0.25, 0.3) is 0 Å². The molecule has 0 bridgehead atoms. The number of unbranched alkanes of at least 4 members (excludes halogenated alkanes) is 2. The lowest BCUT2D eigenvalue weighted by Crippen LogP contribution is -2.50. The van der Waals surface area contributed by atoms with Gasteiger partial charge in [0.05, 0.1) is 12.2 Å². The number of para-hydroxylation sites is 1. The van der Waals surface area contributed by atoms with Crippen LogP contribution in [-0.4, -0.2) is 23.5 Å². The third-order valence-corrected chi connectivity index (χ3v) is 4.84. The number of carbonyl (C=O) groups excluding carboxylic acids is 2. The van der Waals surface area contributed by atoms with Crippen molar-refractivity contribution >= 4 is 29.1 Å². The first-order valence-electron chi connectivity index (χ1n) is 9.74. The molecule has 0 spiro atoms. The summed E-state index contributed by atoms with van der Waals surface area (Å²) in [7, 11) is 0. The van der Waals surface area contributed by atoms with Gasteiger partial charge in [0.2, 0.25) is 5.91 Å². The second kappa shape index (κ2) is 11.5. The van der Waals surface area contributed by atoms with Gasteiger partial charge in [-0.3, -0.25) is 25.8 Å². The van der Waals surface area contributed by atoms with Crippen LogP contribution in [0.3, 0.4) is 0 Å². The fourth-order valence-corrected chi connectivity index (χ4v) is 3.24. The molecule has 1 aliphatic rings. The Morgan fingerprint density at radius 1 is 1.11 bits per heavy atom. The minimum atomic E-state index is -0.370. The van der Waals surface area contributed by atoms with E-state index in [4.69, 9.17) is 17.0 Å². The lowest BCUT2D eigenvalue weighted by molar-refractivity contribution is -0.126. The van der Waals surface area contributed by atoms with Crippen LogP contribution in [0.5, 0.6) is 5.75 Å². The number of benzene rings is 1. The highest BCUT2D eigenvalue weighted by Gasteiger charge is 2.21. The van der Waals surface area contributed by atoms with Gasteiger partial charge in [-0.15, -0.1) is 0 Å². The summed E-state index contributed by atoms with van der Waals surface area (Å²) in [6.45, 7) is 2.70. The van der Waals surface area contributed by atoms with E-state index in [0.29, 0.717) is 17.9 Å². The van der Waals surface area contributed by atoms with Gasteiger partial charge in [0.15, 0.2) is 5.11 Å². The minimum Gasteiger partial charge on any atom is -0.493 e. The predicted molar refractivity (Wildman–Crippen MR) is 109 cm³/mol.